The summed E-state index contributed by atoms with van der Waals surface area (Å²) in [4.78, 5) is 25.0. The number of nitrogens with zero attached hydrogens (tertiary/aromatic N) is 4. The first kappa shape index (κ1) is 29.8. The van der Waals surface area contributed by atoms with Gasteiger partial charge in [0, 0.05) is 82.6 Å². The number of H-pyrrole nitrogens is 1. The van der Waals surface area contributed by atoms with Gasteiger partial charge < -0.3 is 33.8 Å². The summed E-state index contributed by atoms with van der Waals surface area (Å²) < 4.78 is 32.8. The number of methoxy groups -OCH3 is 1. The number of hydrogen-bond acceptors (Lipinski definition) is 6. The lowest BCUT2D eigenvalue weighted by Crippen LogP contribution is -2.60. The summed E-state index contributed by atoms with van der Waals surface area (Å²) in [5.41, 5.74) is 6.45. The van der Waals surface area contributed by atoms with Crippen LogP contribution in [0.25, 0.3) is 65.0 Å². The summed E-state index contributed by atoms with van der Waals surface area (Å²) >= 11 is 8.23. The van der Waals surface area contributed by atoms with Gasteiger partial charge in [-0.15, -0.1) is 0 Å². The van der Waals surface area contributed by atoms with Gasteiger partial charge in [0.1, 0.15) is 18.1 Å². The highest BCUT2D eigenvalue weighted by molar-refractivity contribution is 7.19. The molecule has 4 aromatic carbocycles. The summed E-state index contributed by atoms with van der Waals surface area (Å²) in [6.07, 6.45) is 3.50. The van der Waals surface area contributed by atoms with Gasteiger partial charge in [-0.25, -0.2) is 9.37 Å². The number of thiazole rings is 1. The Kier molecular flexibility index (Phi) is 5.89. The van der Waals surface area contributed by atoms with Crippen LogP contribution in [-0.4, -0.2) is 51.3 Å². The topological polar surface area (TPSA) is 89.3 Å². The van der Waals surface area contributed by atoms with Crippen LogP contribution in [0.5, 0.6) is 0 Å². The second kappa shape index (κ2) is 10.1. The second-order valence-corrected chi connectivity index (χ2v) is 15.4. The lowest BCUT2D eigenvalue weighted by atomic mass is 9.92. The lowest BCUT2D eigenvalue weighted by Gasteiger charge is -2.50. The van der Waals surface area contributed by atoms with Crippen molar-refractivity contribution in [2.45, 2.75) is 44.0 Å². The second-order valence-electron chi connectivity index (χ2n) is 14.0. The van der Waals surface area contributed by atoms with E-state index in [0.29, 0.717) is 23.6 Å². The van der Waals surface area contributed by atoms with Gasteiger partial charge >= 0.3 is 0 Å². The molecule has 9 nitrogen and oxygen atoms in total. The highest BCUT2D eigenvalue weighted by Crippen LogP contribution is 2.55. The van der Waals surface area contributed by atoms with Crippen molar-refractivity contribution in [2.75, 3.05) is 19.1 Å². The number of amides is 1. The molecule has 51 heavy (non-hydrogen) atoms. The molecule has 11 rings (SSSR count). The highest BCUT2D eigenvalue weighted by atomic mass is 35.5. The van der Waals surface area contributed by atoms with Crippen molar-refractivity contribution in [1.29, 1.82) is 0 Å². The molecule has 4 aromatic heterocycles. The van der Waals surface area contributed by atoms with Gasteiger partial charge in [0.05, 0.1) is 38.5 Å². The van der Waals surface area contributed by atoms with E-state index in [1.54, 1.807) is 30.6 Å². The van der Waals surface area contributed by atoms with Gasteiger partial charge in [-0.05, 0) is 55.0 Å². The number of nitrogens with one attached hydrogen (secondary N) is 2. The standard InChI is InChI=1S/C39H30ClFN6O3S/c1-39-36(49-3)28(45(2)38-44-17-29(51-38)23-15-42-25-10-9-19(41)13-21(23)25)14-30(50-39)46-26-11-8-18(40)12-22(26)32-33-24(16-43-37(33)48)31-20-6-4-5-7-27(20)47(39)35(31)34(32)46/h4-13,15,17,28,30,36,42H,14,16H2,1-3H3,(H,43,48)/t28-,30-,36-,39+/m1/s1. The molecule has 1 fully saturated rings. The molecule has 1 saturated heterocycles. The third-order valence-corrected chi connectivity index (χ3v) is 12.8. The molecule has 0 radical (unpaired) electrons. The monoisotopic (exact) mass is 716 g/mol. The van der Waals surface area contributed by atoms with Crippen LogP contribution in [0.4, 0.5) is 9.52 Å². The third-order valence-electron chi connectivity index (χ3n) is 11.5. The van der Waals surface area contributed by atoms with E-state index in [9.17, 15) is 9.18 Å². The number of carbonyl (C=O) groups is 1. The number of anilines is 1. The lowest BCUT2D eigenvalue weighted by molar-refractivity contribution is -0.253. The minimum Gasteiger partial charge on any atom is -0.374 e. The Morgan fingerprint density at radius 1 is 1.08 bits per heavy atom. The summed E-state index contributed by atoms with van der Waals surface area (Å²) in [5.74, 6) is -0.356. The fourth-order valence-corrected chi connectivity index (χ4v) is 10.5. The largest absolute Gasteiger partial charge is 0.374 e. The molecule has 1 amide bonds. The smallest absolute Gasteiger partial charge is 0.252 e. The fraction of sp³-hybridized carbons (Fsp3) is 0.231. The zero-order valence-corrected chi connectivity index (χ0v) is 29.3. The minimum absolute atomic E-state index is 0.0769. The van der Waals surface area contributed by atoms with Crippen molar-refractivity contribution in [3.05, 3.63) is 95.0 Å². The molecular weight excluding hydrogens is 687 g/mol. The zero-order valence-electron chi connectivity index (χ0n) is 27.8. The number of likely N-dealkylation sites (N-methyl/N-ethyl adjacent to an activating group) is 1. The van der Waals surface area contributed by atoms with Crippen LogP contribution in [-0.2, 0) is 21.7 Å². The molecule has 3 aliphatic heterocycles. The van der Waals surface area contributed by atoms with Crippen molar-refractivity contribution in [2.24, 2.45) is 0 Å². The van der Waals surface area contributed by atoms with Crippen molar-refractivity contribution in [3.8, 4) is 10.4 Å². The molecule has 0 spiro atoms. The van der Waals surface area contributed by atoms with Crippen molar-refractivity contribution >= 4 is 88.5 Å². The number of para-hydroxylation sites is 1. The average Bonchev–Trinajstić information content (AvgIpc) is 3.94. The summed E-state index contributed by atoms with van der Waals surface area (Å²) in [7, 11) is 3.81. The maximum absolute atomic E-state index is 14.3. The van der Waals surface area contributed by atoms with Crippen LogP contribution in [0, 0.1) is 5.82 Å². The maximum atomic E-state index is 14.3. The van der Waals surface area contributed by atoms with E-state index < -0.39 is 18.1 Å². The Bertz CT molecular complexity index is 2840. The van der Waals surface area contributed by atoms with E-state index in [1.165, 1.54) is 6.07 Å². The number of ether oxygens (including phenoxy) is 2. The van der Waals surface area contributed by atoms with Crippen molar-refractivity contribution in [1.82, 2.24) is 24.4 Å². The van der Waals surface area contributed by atoms with Gasteiger partial charge in [0.25, 0.3) is 5.91 Å². The number of aromatic nitrogens is 4. The van der Waals surface area contributed by atoms with Gasteiger partial charge in [0.15, 0.2) is 10.9 Å². The normalized spacial score (nSPS) is 22.5. The van der Waals surface area contributed by atoms with Crippen LogP contribution in [0.2, 0.25) is 5.02 Å². The Morgan fingerprint density at radius 2 is 1.94 bits per heavy atom. The van der Waals surface area contributed by atoms with E-state index >= 15 is 0 Å². The summed E-state index contributed by atoms with van der Waals surface area (Å²) in [6.45, 7) is 2.57. The van der Waals surface area contributed by atoms with Crippen LogP contribution < -0.4 is 10.2 Å². The predicted molar refractivity (Wildman–Crippen MR) is 199 cm³/mol. The molecule has 8 aromatic rings. The number of halogens is 2. The summed E-state index contributed by atoms with van der Waals surface area (Å²) in [6, 6.07) is 18.9. The number of benzene rings is 4. The van der Waals surface area contributed by atoms with Crippen LogP contribution in [0.3, 0.4) is 0 Å². The van der Waals surface area contributed by atoms with Crippen LogP contribution >= 0.6 is 22.9 Å². The van der Waals surface area contributed by atoms with Gasteiger partial charge in [-0.3, -0.25) is 4.79 Å². The Morgan fingerprint density at radius 3 is 2.80 bits per heavy atom. The zero-order chi connectivity index (χ0) is 34.5. The quantitative estimate of drug-likeness (QED) is 0.190. The molecule has 4 atom stereocenters. The average molecular weight is 717 g/mol. The molecule has 2 bridgehead atoms. The molecule has 3 aliphatic rings. The van der Waals surface area contributed by atoms with Crippen molar-refractivity contribution in [3.63, 3.8) is 0 Å². The number of aromatic amines is 1. The first-order valence-electron chi connectivity index (χ1n) is 16.9. The molecule has 0 aliphatic carbocycles. The van der Waals surface area contributed by atoms with E-state index in [1.807, 2.05) is 36.7 Å². The van der Waals surface area contributed by atoms with Gasteiger partial charge in [0.2, 0.25) is 0 Å². The van der Waals surface area contributed by atoms with E-state index in [-0.39, 0.29) is 17.8 Å². The molecular formula is C39H30ClFN6O3S. The Balaban J connectivity index is 1.17. The minimum atomic E-state index is -0.971. The number of hydrogen-bond donors (Lipinski definition) is 2. The molecule has 0 unspecified atom stereocenters. The maximum Gasteiger partial charge on any atom is 0.252 e. The molecule has 2 N–H and O–H groups in total. The number of fused-ring (bicyclic) bond motifs is 14. The predicted octanol–water partition coefficient (Wildman–Crippen LogP) is 8.67. The molecule has 0 saturated carbocycles. The van der Waals surface area contributed by atoms with E-state index in [2.05, 4.69) is 56.5 Å². The number of rotatable bonds is 4. The van der Waals surface area contributed by atoms with Gasteiger partial charge in [-0.2, -0.15) is 0 Å². The van der Waals surface area contributed by atoms with E-state index in [4.69, 9.17) is 26.1 Å². The summed E-state index contributed by atoms with van der Waals surface area (Å²) in [5, 5.41) is 9.31. The SMILES string of the molecule is CO[C@@H]1[C@H](N(C)c2ncc(-c3c[nH]c4ccc(F)cc34)s2)C[C@H]2O[C@]1(C)n1c3ccccc3c3c4c(c5c6cc(Cl)ccc6n2c5c31)C(=O)NC4. The van der Waals surface area contributed by atoms with Crippen LogP contribution in [0.15, 0.2) is 73.1 Å². The molecule has 12 heteroatoms. The third kappa shape index (κ3) is 3.71. The first-order valence-corrected chi connectivity index (χ1v) is 18.1. The molecule has 254 valence electrons. The fourth-order valence-electron chi connectivity index (χ4n) is 9.41. The Hall–Kier alpha value is -4.94. The Labute approximate surface area is 299 Å². The van der Waals surface area contributed by atoms with Crippen LogP contribution in [0.1, 0.15) is 35.5 Å². The first-order chi connectivity index (χ1) is 24.8. The van der Waals surface area contributed by atoms with Gasteiger partial charge in [-0.1, -0.05) is 41.1 Å². The number of carbonyl (C=O) groups excluding carboxylic acids is 1. The van der Waals surface area contributed by atoms with Crippen molar-refractivity contribution < 1.29 is 18.7 Å². The van der Waals surface area contributed by atoms with E-state index in [0.717, 1.165) is 75.7 Å². The molecule has 7 heterocycles. The highest BCUT2D eigenvalue weighted by Gasteiger charge is 2.54.